The zero-order valence-corrected chi connectivity index (χ0v) is 12.8. The highest BCUT2D eigenvalue weighted by molar-refractivity contribution is 6.33. The SMILES string of the molecule is CC(=O)NCCNCc1ccc(-c2ccccc2)c(Cl)c1. The van der Waals surface area contributed by atoms with E-state index in [9.17, 15) is 4.79 Å². The topological polar surface area (TPSA) is 41.1 Å². The average Bonchev–Trinajstić information content (AvgIpc) is 2.47. The van der Waals surface area contributed by atoms with Crippen molar-refractivity contribution in [3.8, 4) is 11.1 Å². The Kier molecular flexibility index (Phi) is 5.78. The largest absolute Gasteiger partial charge is 0.355 e. The van der Waals surface area contributed by atoms with Crippen molar-refractivity contribution < 1.29 is 4.79 Å². The van der Waals surface area contributed by atoms with Gasteiger partial charge in [-0.3, -0.25) is 4.79 Å². The molecule has 0 heterocycles. The quantitative estimate of drug-likeness (QED) is 0.804. The fourth-order valence-electron chi connectivity index (χ4n) is 2.08. The molecule has 21 heavy (non-hydrogen) atoms. The molecule has 0 aliphatic rings. The maximum Gasteiger partial charge on any atom is 0.216 e. The molecule has 0 aliphatic heterocycles. The fourth-order valence-corrected chi connectivity index (χ4v) is 2.39. The molecule has 0 spiro atoms. The molecule has 0 unspecified atom stereocenters. The summed E-state index contributed by atoms with van der Waals surface area (Å²) in [7, 11) is 0. The summed E-state index contributed by atoms with van der Waals surface area (Å²) in [6.45, 7) is 3.61. The summed E-state index contributed by atoms with van der Waals surface area (Å²) in [6, 6.07) is 16.2. The predicted octanol–water partition coefficient (Wildman–Crippen LogP) is 3.23. The number of hydrogen-bond acceptors (Lipinski definition) is 2. The lowest BCUT2D eigenvalue weighted by Gasteiger charge is -2.09. The zero-order valence-electron chi connectivity index (χ0n) is 12.0. The summed E-state index contributed by atoms with van der Waals surface area (Å²) in [4.78, 5) is 10.7. The van der Waals surface area contributed by atoms with Gasteiger partial charge in [0.1, 0.15) is 0 Å². The third kappa shape index (κ3) is 4.88. The normalized spacial score (nSPS) is 10.4. The maximum absolute atomic E-state index is 10.7. The Labute approximate surface area is 130 Å². The van der Waals surface area contributed by atoms with Gasteiger partial charge in [-0.15, -0.1) is 0 Å². The summed E-state index contributed by atoms with van der Waals surface area (Å²) < 4.78 is 0. The number of nitrogens with one attached hydrogen (secondary N) is 2. The van der Waals surface area contributed by atoms with Gasteiger partial charge < -0.3 is 10.6 Å². The number of carbonyl (C=O) groups excluding carboxylic acids is 1. The average molecular weight is 303 g/mol. The Morgan fingerprint density at radius 1 is 1.10 bits per heavy atom. The van der Waals surface area contributed by atoms with E-state index >= 15 is 0 Å². The number of halogens is 1. The van der Waals surface area contributed by atoms with Crippen LogP contribution in [-0.2, 0) is 11.3 Å². The van der Waals surface area contributed by atoms with Crippen molar-refractivity contribution in [3.05, 3.63) is 59.1 Å². The summed E-state index contributed by atoms with van der Waals surface area (Å²) in [6.07, 6.45) is 0. The number of hydrogen-bond donors (Lipinski definition) is 2. The van der Waals surface area contributed by atoms with Crippen LogP contribution >= 0.6 is 11.6 Å². The first-order valence-electron chi connectivity index (χ1n) is 6.96. The van der Waals surface area contributed by atoms with Crippen LogP contribution < -0.4 is 10.6 Å². The predicted molar refractivity (Wildman–Crippen MR) is 87.3 cm³/mol. The minimum Gasteiger partial charge on any atom is -0.355 e. The second-order valence-electron chi connectivity index (χ2n) is 4.84. The summed E-state index contributed by atoms with van der Waals surface area (Å²) >= 11 is 6.36. The lowest BCUT2D eigenvalue weighted by molar-refractivity contribution is -0.118. The lowest BCUT2D eigenvalue weighted by atomic mass is 10.0. The Hall–Kier alpha value is -1.84. The smallest absolute Gasteiger partial charge is 0.216 e. The molecule has 0 aliphatic carbocycles. The minimum absolute atomic E-state index is 0.00735. The highest BCUT2D eigenvalue weighted by Gasteiger charge is 2.04. The molecule has 0 atom stereocenters. The third-order valence-corrected chi connectivity index (χ3v) is 3.44. The van der Waals surface area contributed by atoms with Gasteiger partial charge in [0.2, 0.25) is 5.91 Å². The molecule has 0 radical (unpaired) electrons. The molecule has 110 valence electrons. The van der Waals surface area contributed by atoms with E-state index in [1.807, 2.05) is 42.5 Å². The van der Waals surface area contributed by atoms with E-state index in [1.54, 1.807) is 0 Å². The highest BCUT2D eigenvalue weighted by atomic mass is 35.5. The van der Waals surface area contributed by atoms with E-state index in [2.05, 4.69) is 16.7 Å². The van der Waals surface area contributed by atoms with Gasteiger partial charge in [0.25, 0.3) is 0 Å². The van der Waals surface area contributed by atoms with Crippen molar-refractivity contribution in [1.29, 1.82) is 0 Å². The summed E-state index contributed by atoms with van der Waals surface area (Å²) in [5, 5.41) is 6.77. The van der Waals surface area contributed by atoms with Gasteiger partial charge >= 0.3 is 0 Å². The molecule has 0 fully saturated rings. The standard InChI is InChI=1S/C17H19ClN2O/c1-13(21)20-10-9-19-12-14-7-8-16(17(18)11-14)15-5-3-2-4-6-15/h2-8,11,19H,9-10,12H2,1H3,(H,20,21). The van der Waals surface area contributed by atoms with Gasteiger partial charge in [0.15, 0.2) is 0 Å². The Balaban J connectivity index is 1.92. The first-order valence-corrected chi connectivity index (χ1v) is 7.33. The van der Waals surface area contributed by atoms with E-state index in [4.69, 9.17) is 11.6 Å². The van der Waals surface area contributed by atoms with E-state index in [0.29, 0.717) is 6.54 Å². The Morgan fingerprint density at radius 3 is 2.52 bits per heavy atom. The van der Waals surface area contributed by atoms with Crippen molar-refractivity contribution in [2.45, 2.75) is 13.5 Å². The highest BCUT2D eigenvalue weighted by Crippen LogP contribution is 2.28. The van der Waals surface area contributed by atoms with E-state index < -0.39 is 0 Å². The molecule has 4 heteroatoms. The summed E-state index contributed by atoms with van der Waals surface area (Å²) in [5.41, 5.74) is 3.29. The Bertz CT molecular complexity index is 599. The Morgan fingerprint density at radius 2 is 1.86 bits per heavy atom. The van der Waals surface area contributed by atoms with Crippen molar-refractivity contribution in [2.24, 2.45) is 0 Å². The van der Waals surface area contributed by atoms with Crippen LogP contribution in [0.3, 0.4) is 0 Å². The molecule has 0 saturated carbocycles. The maximum atomic E-state index is 10.7. The van der Waals surface area contributed by atoms with Crippen LogP contribution in [0.5, 0.6) is 0 Å². The molecule has 0 saturated heterocycles. The van der Waals surface area contributed by atoms with Crippen LogP contribution in [0.4, 0.5) is 0 Å². The molecule has 2 aromatic carbocycles. The molecule has 2 aromatic rings. The fraction of sp³-hybridized carbons (Fsp3) is 0.235. The van der Waals surface area contributed by atoms with Gasteiger partial charge in [-0.25, -0.2) is 0 Å². The van der Waals surface area contributed by atoms with Crippen molar-refractivity contribution in [1.82, 2.24) is 10.6 Å². The molecular formula is C17H19ClN2O. The van der Waals surface area contributed by atoms with E-state index in [1.165, 1.54) is 6.92 Å². The molecular weight excluding hydrogens is 284 g/mol. The minimum atomic E-state index is -0.00735. The second kappa shape index (κ2) is 7.81. The van der Waals surface area contributed by atoms with Crippen LogP contribution in [0.2, 0.25) is 5.02 Å². The number of benzene rings is 2. The summed E-state index contributed by atoms with van der Waals surface area (Å²) in [5.74, 6) is -0.00735. The second-order valence-corrected chi connectivity index (χ2v) is 5.25. The lowest BCUT2D eigenvalue weighted by Crippen LogP contribution is -2.29. The monoisotopic (exact) mass is 302 g/mol. The van der Waals surface area contributed by atoms with Gasteiger partial charge in [0.05, 0.1) is 0 Å². The van der Waals surface area contributed by atoms with Crippen LogP contribution in [0.1, 0.15) is 12.5 Å². The van der Waals surface area contributed by atoms with Crippen molar-refractivity contribution >= 4 is 17.5 Å². The van der Waals surface area contributed by atoms with Crippen molar-refractivity contribution in [3.63, 3.8) is 0 Å². The van der Waals surface area contributed by atoms with Crippen molar-refractivity contribution in [2.75, 3.05) is 13.1 Å². The molecule has 0 bridgehead atoms. The molecule has 1 amide bonds. The molecule has 0 aromatic heterocycles. The van der Waals surface area contributed by atoms with Crippen LogP contribution in [0.15, 0.2) is 48.5 Å². The molecule has 2 N–H and O–H groups in total. The van der Waals surface area contributed by atoms with E-state index in [-0.39, 0.29) is 5.91 Å². The molecule has 3 nitrogen and oxygen atoms in total. The van der Waals surface area contributed by atoms with Crippen LogP contribution in [0, 0.1) is 0 Å². The van der Waals surface area contributed by atoms with Gasteiger partial charge in [-0.1, -0.05) is 54.1 Å². The number of amides is 1. The first kappa shape index (κ1) is 15.5. The molecule has 2 rings (SSSR count). The van der Waals surface area contributed by atoms with Gasteiger partial charge in [-0.05, 0) is 17.2 Å². The number of rotatable bonds is 6. The first-order chi connectivity index (χ1) is 10.2. The zero-order chi connectivity index (χ0) is 15.1. The van der Waals surface area contributed by atoms with E-state index in [0.717, 1.165) is 34.8 Å². The van der Waals surface area contributed by atoms with Gasteiger partial charge in [-0.2, -0.15) is 0 Å². The van der Waals surface area contributed by atoms with Crippen LogP contribution in [0.25, 0.3) is 11.1 Å². The van der Waals surface area contributed by atoms with Crippen LogP contribution in [-0.4, -0.2) is 19.0 Å². The number of carbonyl (C=O) groups is 1. The van der Waals surface area contributed by atoms with Gasteiger partial charge in [0, 0.05) is 37.1 Å². The third-order valence-electron chi connectivity index (χ3n) is 3.12.